The van der Waals surface area contributed by atoms with Crippen molar-refractivity contribution < 1.29 is 17.7 Å². The van der Waals surface area contributed by atoms with Crippen molar-refractivity contribution in [3.05, 3.63) is 44.8 Å². The second kappa shape index (κ2) is 7.57. The molecule has 1 fully saturated rings. The predicted octanol–water partition coefficient (Wildman–Crippen LogP) is 2.98. The van der Waals surface area contributed by atoms with Crippen LogP contribution in [-0.4, -0.2) is 54.9 Å². The number of sulfonamides is 1. The van der Waals surface area contributed by atoms with Crippen molar-refractivity contribution in [3.63, 3.8) is 0 Å². The van der Waals surface area contributed by atoms with Gasteiger partial charge in [0.2, 0.25) is 10.0 Å². The van der Waals surface area contributed by atoms with Gasteiger partial charge in [0, 0.05) is 26.2 Å². The summed E-state index contributed by atoms with van der Waals surface area (Å²) in [6, 6.07) is 0. The van der Waals surface area contributed by atoms with Crippen LogP contribution in [0.15, 0.2) is 9.42 Å². The zero-order valence-electron chi connectivity index (χ0n) is 18.2. The van der Waals surface area contributed by atoms with Crippen LogP contribution in [0.2, 0.25) is 0 Å². The number of hydrogen-bond acceptors (Lipinski definition) is 5. The maximum Gasteiger partial charge on any atom is 0.259 e. The van der Waals surface area contributed by atoms with Crippen LogP contribution in [0, 0.1) is 48.5 Å². The Bertz CT molecular complexity index is 1030. The van der Waals surface area contributed by atoms with Crippen LogP contribution in [-0.2, 0) is 10.0 Å². The first-order chi connectivity index (χ1) is 13.5. The number of hydrogen-bond donors (Lipinski definition) is 0. The molecule has 0 atom stereocenters. The molecule has 1 aromatic carbocycles. The summed E-state index contributed by atoms with van der Waals surface area (Å²) in [5.74, 6) is 0.326. The summed E-state index contributed by atoms with van der Waals surface area (Å²) in [7, 11) is -3.64. The fourth-order valence-electron chi connectivity index (χ4n) is 4.06. The van der Waals surface area contributed by atoms with Gasteiger partial charge in [-0.15, -0.1) is 0 Å². The molecule has 158 valence electrons. The number of amides is 1. The van der Waals surface area contributed by atoms with Crippen molar-refractivity contribution in [2.45, 2.75) is 53.4 Å². The van der Waals surface area contributed by atoms with Crippen molar-refractivity contribution in [2.75, 3.05) is 26.2 Å². The van der Waals surface area contributed by atoms with Gasteiger partial charge in [-0.1, -0.05) is 5.16 Å². The molecule has 8 heteroatoms. The largest absolute Gasteiger partial charge is 0.361 e. The Kier molecular flexibility index (Phi) is 5.62. The predicted molar refractivity (Wildman–Crippen MR) is 111 cm³/mol. The van der Waals surface area contributed by atoms with Crippen molar-refractivity contribution in [1.29, 1.82) is 0 Å². The van der Waals surface area contributed by atoms with Gasteiger partial charge in [0.25, 0.3) is 5.91 Å². The number of carbonyl (C=O) groups is 1. The standard InChI is InChI=1S/C21H29N3O4S/c1-12-13(2)15(4)20(16(5)14(12)3)29(26,27)24-10-8-23(9-11-24)21(25)19-17(6)22-28-18(19)7/h8-11H2,1-7H3. The van der Waals surface area contributed by atoms with Crippen LogP contribution in [0.3, 0.4) is 0 Å². The molecule has 3 rings (SSSR count). The van der Waals surface area contributed by atoms with Gasteiger partial charge in [-0.2, -0.15) is 4.31 Å². The highest BCUT2D eigenvalue weighted by Gasteiger charge is 2.34. The molecular weight excluding hydrogens is 390 g/mol. The number of rotatable bonds is 3. The molecule has 2 aromatic rings. The number of carbonyl (C=O) groups excluding carboxylic acids is 1. The molecule has 2 heterocycles. The fourth-order valence-corrected chi connectivity index (χ4v) is 6.04. The normalized spacial score (nSPS) is 15.8. The zero-order chi connectivity index (χ0) is 21.7. The molecular formula is C21H29N3O4S. The lowest BCUT2D eigenvalue weighted by Gasteiger charge is -2.35. The average Bonchev–Trinajstić information content (AvgIpc) is 3.02. The first kappa shape index (κ1) is 21.5. The lowest BCUT2D eigenvalue weighted by molar-refractivity contribution is 0.0695. The Morgan fingerprint density at radius 2 is 1.31 bits per heavy atom. The van der Waals surface area contributed by atoms with E-state index in [1.54, 1.807) is 18.7 Å². The Hall–Kier alpha value is -2.19. The van der Waals surface area contributed by atoms with E-state index in [1.165, 1.54) is 4.31 Å². The summed E-state index contributed by atoms with van der Waals surface area (Å²) in [5, 5.41) is 3.84. The van der Waals surface area contributed by atoms with Crippen LogP contribution < -0.4 is 0 Å². The summed E-state index contributed by atoms with van der Waals surface area (Å²) in [6.07, 6.45) is 0. The van der Waals surface area contributed by atoms with Gasteiger partial charge in [0.1, 0.15) is 11.3 Å². The molecule has 1 aliphatic heterocycles. The number of aromatic nitrogens is 1. The highest BCUT2D eigenvalue weighted by Crippen LogP contribution is 2.32. The molecule has 0 N–H and O–H groups in total. The maximum atomic E-state index is 13.5. The van der Waals surface area contributed by atoms with E-state index in [0.29, 0.717) is 35.0 Å². The molecule has 0 bridgehead atoms. The van der Waals surface area contributed by atoms with E-state index >= 15 is 0 Å². The van der Waals surface area contributed by atoms with Crippen molar-refractivity contribution in [2.24, 2.45) is 0 Å². The second-order valence-electron chi connectivity index (χ2n) is 7.85. The van der Waals surface area contributed by atoms with Crippen LogP contribution in [0.5, 0.6) is 0 Å². The quantitative estimate of drug-likeness (QED) is 0.764. The molecule has 0 unspecified atom stereocenters. The highest BCUT2D eigenvalue weighted by molar-refractivity contribution is 7.89. The Labute approximate surface area is 172 Å². The van der Waals surface area contributed by atoms with Gasteiger partial charge in [0.05, 0.1) is 10.6 Å². The molecule has 1 saturated heterocycles. The number of benzene rings is 1. The summed E-state index contributed by atoms with van der Waals surface area (Å²) in [4.78, 5) is 14.9. The Balaban J connectivity index is 1.85. The van der Waals surface area contributed by atoms with Gasteiger partial charge < -0.3 is 9.42 Å². The molecule has 0 saturated carbocycles. The maximum absolute atomic E-state index is 13.5. The van der Waals surface area contributed by atoms with Gasteiger partial charge >= 0.3 is 0 Å². The van der Waals surface area contributed by atoms with E-state index in [0.717, 1.165) is 27.8 Å². The van der Waals surface area contributed by atoms with Crippen LogP contribution in [0.4, 0.5) is 0 Å². The van der Waals surface area contributed by atoms with Crippen LogP contribution >= 0.6 is 0 Å². The van der Waals surface area contributed by atoms with E-state index in [1.807, 2.05) is 34.6 Å². The molecule has 0 spiro atoms. The van der Waals surface area contributed by atoms with Gasteiger partial charge in [0.15, 0.2) is 0 Å². The fraction of sp³-hybridized carbons (Fsp3) is 0.524. The van der Waals surface area contributed by atoms with Crippen molar-refractivity contribution in [3.8, 4) is 0 Å². The van der Waals surface area contributed by atoms with Crippen molar-refractivity contribution in [1.82, 2.24) is 14.4 Å². The molecule has 1 aromatic heterocycles. The number of aryl methyl sites for hydroxylation is 2. The zero-order valence-corrected chi connectivity index (χ0v) is 19.0. The van der Waals surface area contributed by atoms with E-state index < -0.39 is 10.0 Å². The van der Waals surface area contributed by atoms with E-state index in [2.05, 4.69) is 5.16 Å². The van der Waals surface area contributed by atoms with Gasteiger partial charge in [-0.05, 0) is 76.3 Å². The smallest absolute Gasteiger partial charge is 0.259 e. The minimum absolute atomic E-state index is 0.160. The minimum atomic E-state index is -3.64. The Morgan fingerprint density at radius 1 is 0.828 bits per heavy atom. The van der Waals surface area contributed by atoms with Gasteiger partial charge in [-0.25, -0.2) is 8.42 Å². The third-order valence-electron chi connectivity index (χ3n) is 6.30. The topological polar surface area (TPSA) is 83.7 Å². The molecule has 29 heavy (non-hydrogen) atoms. The molecule has 1 aliphatic rings. The average molecular weight is 420 g/mol. The number of nitrogens with zero attached hydrogens (tertiary/aromatic N) is 3. The first-order valence-corrected chi connectivity index (χ1v) is 11.2. The lowest BCUT2D eigenvalue weighted by atomic mass is 9.95. The van der Waals surface area contributed by atoms with E-state index in [4.69, 9.17) is 4.52 Å². The molecule has 0 radical (unpaired) electrons. The SMILES string of the molecule is Cc1noc(C)c1C(=O)N1CCN(S(=O)(=O)c2c(C)c(C)c(C)c(C)c2C)CC1. The lowest BCUT2D eigenvalue weighted by Crippen LogP contribution is -2.50. The highest BCUT2D eigenvalue weighted by atomic mass is 32.2. The molecule has 1 amide bonds. The van der Waals surface area contributed by atoms with Gasteiger partial charge in [-0.3, -0.25) is 4.79 Å². The van der Waals surface area contributed by atoms with E-state index in [-0.39, 0.29) is 19.0 Å². The summed E-state index contributed by atoms with van der Waals surface area (Å²) in [6.45, 7) is 14.4. The summed E-state index contributed by atoms with van der Waals surface area (Å²) >= 11 is 0. The van der Waals surface area contributed by atoms with E-state index in [9.17, 15) is 13.2 Å². The summed E-state index contributed by atoms with van der Waals surface area (Å²) in [5.41, 5.74) is 5.79. The van der Waals surface area contributed by atoms with Crippen LogP contribution in [0.1, 0.15) is 49.6 Å². The molecule has 7 nitrogen and oxygen atoms in total. The monoisotopic (exact) mass is 419 g/mol. The van der Waals surface area contributed by atoms with Crippen molar-refractivity contribution >= 4 is 15.9 Å². The number of piperazine rings is 1. The second-order valence-corrected chi connectivity index (χ2v) is 9.72. The minimum Gasteiger partial charge on any atom is -0.361 e. The first-order valence-electron chi connectivity index (χ1n) is 9.77. The third-order valence-corrected chi connectivity index (χ3v) is 8.48. The Morgan fingerprint density at radius 3 is 1.76 bits per heavy atom. The third kappa shape index (κ3) is 3.48. The molecule has 0 aliphatic carbocycles. The summed E-state index contributed by atoms with van der Waals surface area (Å²) < 4.78 is 33.5. The van der Waals surface area contributed by atoms with Crippen LogP contribution in [0.25, 0.3) is 0 Å².